The lowest BCUT2D eigenvalue weighted by atomic mass is 10.0. The predicted molar refractivity (Wildman–Crippen MR) is 64.5 cm³/mol. The average molecular weight is 244 g/mol. The zero-order valence-electron chi connectivity index (χ0n) is 9.47. The maximum Gasteiger partial charge on any atom is 0.313 e. The van der Waals surface area contributed by atoms with E-state index in [0.717, 1.165) is 42.8 Å². The minimum absolute atomic E-state index is 0.0441. The third kappa shape index (κ3) is 3.14. The van der Waals surface area contributed by atoms with Crippen LogP contribution in [-0.4, -0.2) is 33.8 Å². The van der Waals surface area contributed by atoms with Crippen molar-refractivity contribution in [1.29, 1.82) is 0 Å². The summed E-state index contributed by atoms with van der Waals surface area (Å²) in [4.78, 5) is 10.3. The number of aliphatic hydroxyl groups is 1. The van der Waals surface area contributed by atoms with Crippen molar-refractivity contribution in [3.63, 3.8) is 0 Å². The minimum atomic E-state index is -0.712. The first kappa shape index (κ1) is 12.2. The molecular weight excluding hydrogens is 224 g/mol. The van der Waals surface area contributed by atoms with Gasteiger partial charge in [0.1, 0.15) is 0 Å². The lowest BCUT2D eigenvalue weighted by Gasteiger charge is -2.11. The highest BCUT2D eigenvalue weighted by Crippen LogP contribution is 2.47. The summed E-state index contributed by atoms with van der Waals surface area (Å²) in [5.41, 5.74) is 0. The van der Waals surface area contributed by atoms with Gasteiger partial charge in [-0.1, -0.05) is 0 Å². The number of aliphatic hydroxyl groups excluding tert-OH is 1. The van der Waals surface area contributed by atoms with Crippen LogP contribution in [0.1, 0.15) is 32.1 Å². The lowest BCUT2D eigenvalue weighted by Crippen LogP contribution is -2.05. The van der Waals surface area contributed by atoms with Gasteiger partial charge >= 0.3 is 5.97 Å². The highest BCUT2D eigenvalue weighted by atomic mass is 32.2. The van der Waals surface area contributed by atoms with Gasteiger partial charge in [0.2, 0.25) is 0 Å². The van der Waals surface area contributed by atoms with Crippen molar-refractivity contribution in [3.8, 4) is 0 Å². The van der Waals surface area contributed by atoms with Gasteiger partial charge in [0.15, 0.2) is 0 Å². The van der Waals surface area contributed by atoms with Crippen LogP contribution in [-0.2, 0) is 4.79 Å². The number of fused-ring (bicyclic) bond motifs is 1. The smallest absolute Gasteiger partial charge is 0.313 e. The van der Waals surface area contributed by atoms with Crippen LogP contribution in [0.25, 0.3) is 0 Å². The van der Waals surface area contributed by atoms with E-state index in [0.29, 0.717) is 0 Å². The monoisotopic (exact) mass is 244 g/mol. The molecule has 92 valence electrons. The zero-order valence-corrected chi connectivity index (χ0v) is 10.3. The molecule has 2 aliphatic rings. The van der Waals surface area contributed by atoms with Gasteiger partial charge < -0.3 is 10.2 Å². The first-order valence-corrected chi connectivity index (χ1v) is 7.28. The molecule has 0 spiro atoms. The molecule has 2 unspecified atom stereocenters. The fourth-order valence-electron chi connectivity index (χ4n) is 3.36. The Kier molecular flexibility index (Phi) is 4.14. The van der Waals surface area contributed by atoms with E-state index in [9.17, 15) is 9.90 Å². The van der Waals surface area contributed by atoms with Crippen LogP contribution in [0.5, 0.6) is 0 Å². The number of hydrogen-bond donors (Lipinski definition) is 2. The summed E-state index contributed by atoms with van der Waals surface area (Å²) in [7, 11) is 0. The van der Waals surface area contributed by atoms with Gasteiger partial charge in [-0.15, -0.1) is 0 Å². The molecule has 16 heavy (non-hydrogen) atoms. The van der Waals surface area contributed by atoms with Crippen LogP contribution in [0.4, 0.5) is 0 Å². The first-order chi connectivity index (χ1) is 7.65. The molecule has 4 atom stereocenters. The third-order valence-electron chi connectivity index (χ3n) is 3.98. The standard InChI is InChI=1S/C12H20O3S/c13-11-5-9-3-8(4-10(9)6-11)1-2-16-7-12(14)15/h8-11,13H,1-7H2,(H,14,15)/t8?,9-,10+,11?. The lowest BCUT2D eigenvalue weighted by molar-refractivity contribution is -0.133. The van der Waals surface area contributed by atoms with E-state index in [1.165, 1.54) is 24.6 Å². The minimum Gasteiger partial charge on any atom is -0.481 e. The molecule has 2 aliphatic carbocycles. The van der Waals surface area contributed by atoms with E-state index in [4.69, 9.17) is 5.11 Å². The molecule has 0 aromatic heterocycles. The van der Waals surface area contributed by atoms with Crippen molar-refractivity contribution in [2.24, 2.45) is 17.8 Å². The summed E-state index contributed by atoms with van der Waals surface area (Å²) < 4.78 is 0. The maximum absolute atomic E-state index is 10.3. The Labute approximate surface area is 101 Å². The normalized spacial score (nSPS) is 37.6. The second kappa shape index (κ2) is 5.41. The van der Waals surface area contributed by atoms with Crippen molar-refractivity contribution in [2.75, 3.05) is 11.5 Å². The van der Waals surface area contributed by atoms with Gasteiger partial charge in [0.25, 0.3) is 0 Å². The van der Waals surface area contributed by atoms with E-state index in [1.807, 2.05) is 0 Å². The number of rotatable bonds is 5. The average Bonchev–Trinajstić information content (AvgIpc) is 2.68. The van der Waals surface area contributed by atoms with E-state index in [2.05, 4.69) is 0 Å². The summed E-state index contributed by atoms with van der Waals surface area (Å²) in [6.07, 6.45) is 5.64. The molecular formula is C12H20O3S. The van der Waals surface area contributed by atoms with Crippen molar-refractivity contribution in [3.05, 3.63) is 0 Å². The second-order valence-corrected chi connectivity index (χ2v) is 6.32. The van der Waals surface area contributed by atoms with E-state index in [1.54, 1.807) is 0 Å². The van der Waals surface area contributed by atoms with Crippen LogP contribution in [0.15, 0.2) is 0 Å². The number of aliphatic carboxylic acids is 1. The first-order valence-electron chi connectivity index (χ1n) is 6.12. The summed E-state index contributed by atoms with van der Waals surface area (Å²) in [5.74, 6) is 2.78. The van der Waals surface area contributed by atoms with Gasteiger partial charge in [0, 0.05) is 0 Å². The molecule has 0 heterocycles. The summed E-state index contributed by atoms with van der Waals surface area (Å²) in [6.45, 7) is 0. The highest BCUT2D eigenvalue weighted by Gasteiger charge is 2.40. The molecule has 2 rings (SSSR count). The van der Waals surface area contributed by atoms with Crippen molar-refractivity contribution in [2.45, 2.75) is 38.2 Å². The number of thioether (sulfide) groups is 1. The Bertz CT molecular complexity index is 243. The molecule has 0 amide bonds. The second-order valence-electron chi connectivity index (χ2n) is 5.22. The number of carboxylic acids is 1. The Balaban J connectivity index is 1.61. The van der Waals surface area contributed by atoms with Crippen LogP contribution >= 0.6 is 11.8 Å². The molecule has 2 fully saturated rings. The van der Waals surface area contributed by atoms with Gasteiger partial charge in [0.05, 0.1) is 11.9 Å². The van der Waals surface area contributed by atoms with Crippen LogP contribution in [0, 0.1) is 17.8 Å². The van der Waals surface area contributed by atoms with Gasteiger partial charge in [-0.05, 0) is 55.6 Å². The quantitative estimate of drug-likeness (QED) is 0.726. The van der Waals surface area contributed by atoms with Crippen LogP contribution in [0.2, 0.25) is 0 Å². The van der Waals surface area contributed by atoms with E-state index in [-0.39, 0.29) is 11.9 Å². The Hall–Kier alpha value is -0.220. The third-order valence-corrected chi connectivity index (χ3v) is 4.96. The van der Waals surface area contributed by atoms with E-state index >= 15 is 0 Å². The number of carboxylic acid groups (broad SMARTS) is 1. The molecule has 0 saturated heterocycles. The fraction of sp³-hybridized carbons (Fsp3) is 0.917. The largest absolute Gasteiger partial charge is 0.481 e. The van der Waals surface area contributed by atoms with Crippen LogP contribution in [0.3, 0.4) is 0 Å². The fourth-order valence-corrected chi connectivity index (χ4v) is 4.17. The molecule has 2 saturated carbocycles. The topological polar surface area (TPSA) is 57.5 Å². The van der Waals surface area contributed by atoms with Gasteiger partial charge in [-0.25, -0.2) is 0 Å². The summed E-state index contributed by atoms with van der Waals surface area (Å²) >= 11 is 1.53. The molecule has 0 aliphatic heterocycles. The van der Waals surface area contributed by atoms with Crippen molar-refractivity contribution < 1.29 is 15.0 Å². The molecule has 0 radical (unpaired) electrons. The Morgan fingerprint density at radius 3 is 2.38 bits per heavy atom. The predicted octanol–water partition coefficient (Wildman–Crippen LogP) is 1.99. The molecule has 0 aromatic rings. The van der Waals surface area contributed by atoms with Crippen molar-refractivity contribution >= 4 is 17.7 Å². The molecule has 4 heteroatoms. The zero-order chi connectivity index (χ0) is 11.5. The van der Waals surface area contributed by atoms with Crippen LogP contribution < -0.4 is 0 Å². The van der Waals surface area contributed by atoms with Gasteiger partial charge in [-0.2, -0.15) is 11.8 Å². The van der Waals surface area contributed by atoms with Gasteiger partial charge in [-0.3, -0.25) is 4.79 Å². The number of carbonyl (C=O) groups is 1. The molecule has 0 bridgehead atoms. The summed E-state index contributed by atoms with van der Waals surface area (Å²) in [6, 6.07) is 0. The maximum atomic E-state index is 10.3. The Morgan fingerprint density at radius 1 is 1.19 bits per heavy atom. The highest BCUT2D eigenvalue weighted by molar-refractivity contribution is 7.99. The molecule has 2 N–H and O–H groups in total. The molecule has 0 aromatic carbocycles. The SMILES string of the molecule is O=C(O)CSCCC1C[C@H]2CC(O)C[C@H]2C1. The molecule has 3 nitrogen and oxygen atoms in total. The Morgan fingerprint density at radius 2 is 1.81 bits per heavy atom. The number of hydrogen-bond acceptors (Lipinski definition) is 3. The van der Waals surface area contributed by atoms with E-state index < -0.39 is 5.97 Å². The van der Waals surface area contributed by atoms with Crippen molar-refractivity contribution in [1.82, 2.24) is 0 Å². The summed E-state index contributed by atoms with van der Waals surface area (Å²) in [5, 5.41) is 18.0.